The zero-order valence-electron chi connectivity index (χ0n) is 18.5. The largest absolute Gasteiger partial charge is 0.481 e. The van der Waals surface area contributed by atoms with Gasteiger partial charge in [0.1, 0.15) is 12.6 Å². The molecule has 1 heterocycles. The molecule has 174 valence electrons. The molecule has 1 saturated heterocycles. The Hall–Kier alpha value is -3.39. The van der Waals surface area contributed by atoms with E-state index in [1.165, 1.54) is 6.92 Å². The Morgan fingerprint density at radius 3 is 2.21 bits per heavy atom. The number of nitrogens with one attached hydrogen (secondary N) is 2. The molecule has 2 amide bonds. The maximum Gasteiger partial charge on any atom is 0.407 e. The quantitative estimate of drug-likeness (QED) is 0.595. The summed E-state index contributed by atoms with van der Waals surface area (Å²) >= 11 is 0. The second-order valence-corrected chi connectivity index (χ2v) is 8.61. The van der Waals surface area contributed by atoms with Crippen LogP contribution in [-0.4, -0.2) is 55.5 Å². The lowest BCUT2D eigenvalue weighted by Gasteiger charge is -2.33. The Bertz CT molecular complexity index is 1000. The number of ether oxygens (including phenoxy) is 2. The minimum atomic E-state index is -1.04. The van der Waals surface area contributed by atoms with Gasteiger partial charge in [-0.3, -0.25) is 9.59 Å². The van der Waals surface area contributed by atoms with Gasteiger partial charge >= 0.3 is 12.1 Å². The van der Waals surface area contributed by atoms with E-state index in [1.54, 1.807) is 0 Å². The molecule has 2 aliphatic rings. The fraction of sp³-hybridized carbons (Fsp3) is 0.400. The van der Waals surface area contributed by atoms with Crippen LogP contribution in [0.25, 0.3) is 11.1 Å². The molecule has 0 radical (unpaired) electrons. The third-order valence-electron chi connectivity index (χ3n) is 6.58. The van der Waals surface area contributed by atoms with Crippen LogP contribution in [0, 0.1) is 5.41 Å². The standard InChI is InChI=1S/C25H28N2O6/c1-16(22(28)26-15-25(23(29)30)10-12-32-13-11-25)27-24(31)33-14-21-19-8-4-2-6-17(19)18-7-3-5-9-20(18)21/h2-9,16,21H,10-15H2,1H3,(H,26,28)(H,27,31)(H,29,30). The molecule has 33 heavy (non-hydrogen) atoms. The van der Waals surface area contributed by atoms with Crippen LogP contribution in [-0.2, 0) is 19.1 Å². The fourth-order valence-electron chi connectivity index (χ4n) is 4.52. The second-order valence-electron chi connectivity index (χ2n) is 8.61. The van der Waals surface area contributed by atoms with Gasteiger partial charge in [0, 0.05) is 25.7 Å². The number of carbonyl (C=O) groups is 3. The Labute approximate surface area is 192 Å². The number of hydrogen-bond acceptors (Lipinski definition) is 5. The molecule has 2 aromatic carbocycles. The van der Waals surface area contributed by atoms with Crippen LogP contribution in [0.2, 0.25) is 0 Å². The van der Waals surface area contributed by atoms with Crippen LogP contribution in [0.5, 0.6) is 0 Å². The summed E-state index contributed by atoms with van der Waals surface area (Å²) < 4.78 is 10.7. The highest BCUT2D eigenvalue weighted by molar-refractivity contribution is 5.86. The van der Waals surface area contributed by atoms with Gasteiger partial charge in [-0.1, -0.05) is 48.5 Å². The van der Waals surface area contributed by atoms with Crippen LogP contribution >= 0.6 is 0 Å². The van der Waals surface area contributed by atoms with Gasteiger partial charge in [-0.15, -0.1) is 0 Å². The number of amides is 2. The van der Waals surface area contributed by atoms with E-state index in [1.807, 2.05) is 36.4 Å². The predicted molar refractivity (Wildman–Crippen MR) is 121 cm³/mol. The second kappa shape index (κ2) is 9.62. The predicted octanol–water partition coefficient (Wildman–Crippen LogP) is 2.91. The van der Waals surface area contributed by atoms with E-state index >= 15 is 0 Å². The van der Waals surface area contributed by atoms with E-state index < -0.39 is 29.4 Å². The summed E-state index contributed by atoms with van der Waals surface area (Å²) in [5.74, 6) is -1.49. The average Bonchev–Trinajstić information content (AvgIpc) is 3.15. The van der Waals surface area contributed by atoms with Crippen LogP contribution < -0.4 is 10.6 Å². The number of rotatable bonds is 7. The Morgan fingerprint density at radius 2 is 1.64 bits per heavy atom. The molecule has 1 fully saturated rings. The smallest absolute Gasteiger partial charge is 0.407 e. The van der Waals surface area contributed by atoms with Crippen molar-refractivity contribution in [3.8, 4) is 11.1 Å². The van der Waals surface area contributed by atoms with Gasteiger partial charge in [0.05, 0.1) is 5.41 Å². The van der Waals surface area contributed by atoms with Crippen LogP contribution in [0.4, 0.5) is 4.79 Å². The van der Waals surface area contributed by atoms with E-state index in [0.717, 1.165) is 22.3 Å². The van der Waals surface area contributed by atoms with Crippen LogP contribution in [0.1, 0.15) is 36.8 Å². The molecule has 4 rings (SSSR count). The molecule has 1 unspecified atom stereocenters. The topological polar surface area (TPSA) is 114 Å². The molecule has 1 aliphatic carbocycles. The zero-order chi connectivity index (χ0) is 23.4. The maximum absolute atomic E-state index is 12.5. The Kier molecular flexibility index (Phi) is 6.65. The number of fused-ring (bicyclic) bond motifs is 3. The average molecular weight is 453 g/mol. The number of carboxylic acids is 1. The summed E-state index contributed by atoms with van der Waals surface area (Å²) in [5, 5.41) is 14.8. The first kappa shape index (κ1) is 22.8. The zero-order valence-corrected chi connectivity index (χ0v) is 18.5. The van der Waals surface area contributed by atoms with E-state index in [0.29, 0.717) is 26.1 Å². The molecule has 8 heteroatoms. The number of aliphatic carboxylic acids is 1. The minimum absolute atomic E-state index is 0.0127. The normalized spacial score (nSPS) is 17.4. The maximum atomic E-state index is 12.5. The number of benzene rings is 2. The monoisotopic (exact) mass is 452 g/mol. The lowest BCUT2D eigenvalue weighted by Crippen LogP contribution is -2.51. The Balaban J connectivity index is 1.31. The first-order chi connectivity index (χ1) is 15.9. The molecule has 2 aromatic rings. The third kappa shape index (κ3) is 4.71. The van der Waals surface area contributed by atoms with Crippen LogP contribution in [0.15, 0.2) is 48.5 Å². The van der Waals surface area contributed by atoms with Gasteiger partial charge in [0.2, 0.25) is 5.91 Å². The highest BCUT2D eigenvalue weighted by atomic mass is 16.5. The summed E-state index contributed by atoms with van der Waals surface area (Å²) in [6, 6.07) is 15.2. The number of hydrogen-bond donors (Lipinski definition) is 3. The van der Waals surface area contributed by atoms with Gasteiger partial charge < -0.3 is 25.2 Å². The van der Waals surface area contributed by atoms with Crippen LogP contribution in [0.3, 0.4) is 0 Å². The van der Waals surface area contributed by atoms with E-state index in [4.69, 9.17) is 9.47 Å². The molecule has 8 nitrogen and oxygen atoms in total. The van der Waals surface area contributed by atoms with Crippen molar-refractivity contribution in [2.45, 2.75) is 31.7 Å². The number of alkyl carbamates (subject to hydrolysis) is 1. The lowest BCUT2D eigenvalue weighted by molar-refractivity contribution is -0.154. The SMILES string of the molecule is CC(NC(=O)OCC1c2ccccc2-c2ccccc21)C(=O)NCC1(C(=O)O)CCOCC1. The Morgan fingerprint density at radius 1 is 1.06 bits per heavy atom. The molecule has 1 aliphatic heterocycles. The molecule has 0 spiro atoms. The summed E-state index contributed by atoms with van der Waals surface area (Å²) in [7, 11) is 0. The first-order valence-electron chi connectivity index (χ1n) is 11.1. The van der Waals surface area contributed by atoms with Crippen molar-refractivity contribution >= 4 is 18.0 Å². The number of carboxylic acid groups (broad SMARTS) is 1. The molecule has 1 atom stereocenters. The highest BCUT2D eigenvalue weighted by Gasteiger charge is 2.40. The van der Waals surface area contributed by atoms with Gasteiger partial charge in [-0.25, -0.2) is 4.79 Å². The van der Waals surface area contributed by atoms with Crippen molar-refractivity contribution in [1.29, 1.82) is 0 Å². The summed E-state index contributed by atoms with van der Waals surface area (Å²) in [6.45, 7) is 2.36. The van der Waals surface area contributed by atoms with Gasteiger partial charge in [0.15, 0.2) is 0 Å². The third-order valence-corrected chi connectivity index (χ3v) is 6.58. The van der Waals surface area contributed by atoms with Gasteiger partial charge in [-0.05, 0) is 42.0 Å². The molecular weight excluding hydrogens is 424 g/mol. The van der Waals surface area contributed by atoms with Gasteiger partial charge in [-0.2, -0.15) is 0 Å². The minimum Gasteiger partial charge on any atom is -0.481 e. The van der Waals surface area contributed by atoms with Gasteiger partial charge in [0.25, 0.3) is 0 Å². The summed E-state index contributed by atoms with van der Waals surface area (Å²) in [6.07, 6.45) is -0.0355. The molecule has 0 saturated carbocycles. The summed E-state index contributed by atoms with van der Waals surface area (Å²) in [4.78, 5) is 36.6. The fourth-order valence-corrected chi connectivity index (χ4v) is 4.52. The van der Waals surface area contributed by atoms with E-state index in [9.17, 15) is 19.5 Å². The van der Waals surface area contributed by atoms with Crippen molar-refractivity contribution in [3.05, 3.63) is 59.7 Å². The molecule has 0 bridgehead atoms. The van der Waals surface area contributed by atoms with Crippen molar-refractivity contribution < 1.29 is 29.0 Å². The van der Waals surface area contributed by atoms with Crippen molar-refractivity contribution in [2.24, 2.45) is 5.41 Å². The number of carbonyl (C=O) groups excluding carboxylic acids is 2. The molecular formula is C25H28N2O6. The first-order valence-corrected chi connectivity index (χ1v) is 11.1. The van der Waals surface area contributed by atoms with Crippen molar-refractivity contribution in [3.63, 3.8) is 0 Å². The van der Waals surface area contributed by atoms with E-state index in [-0.39, 0.29) is 19.1 Å². The lowest BCUT2D eigenvalue weighted by atomic mass is 9.80. The highest BCUT2D eigenvalue weighted by Crippen LogP contribution is 2.44. The van der Waals surface area contributed by atoms with Crippen molar-refractivity contribution in [2.75, 3.05) is 26.4 Å². The van der Waals surface area contributed by atoms with Crippen molar-refractivity contribution in [1.82, 2.24) is 10.6 Å². The molecule has 3 N–H and O–H groups in total. The molecule has 0 aromatic heterocycles. The van der Waals surface area contributed by atoms with E-state index in [2.05, 4.69) is 22.8 Å². The summed E-state index contributed by atoms with van der Waals surface area (Å²) in [5.41, 5.74) is 3.43.